The van der Waals surface area contributed by atoms with Crippen LogP contribution in [0.25, 0.3) is 11.1 Å². The lowest BCUT2D eigenvalue weighted by Gasteiger charge is -2.31. The van der Waals surface area contributed by atoms with Crippen LogP contribution in [0, 0.1) is 5.92 Å². The number of piperidine rings is 1. The number of benzene rings is 2. The summed E-state index contributed by atoms with van der Waals surface area (Å²) in [7, 11) is 0. The summed E-state index contributed by atoms with van der Waals surface area (Å²) < 4.78 is 42.7. The zero-order chi connectivity index (χ0) is 27.1. The van der Waals surface area contributed by atoms with Gasteiger partial charge in [0.25, 0.3) is 5.91 Å². The summed E-state index contributed by atoms with van der Waals surface area (Å²) in [5.74, 6) is 0.584. The molecular formula is C28H28F3N3O3S. The van der Waals surface area contributed by atoms with Crippen molar-refractivity contribution in [2.45, 2.75) is 36.6 Å². The van der Waals surface area contributed by atoms with Crippen LogP contribution in [0.2, 0.25) is 0 Å². The molecule has 200 valence electrons. The Hall–Kier alpha value is -3.53. The first kappa shape index (κ1) is 27.5. The lowest BCUT2D eigenvalue weighted by molar-refractivity contribution is -0.144. The van der Waals surface area contributed by atoms with Crippen molar-refractivity contribution in [2.75, 3.05) is 25.0 Å². The molecule has 1 aliphatic rings. The molecule has 0 spiro atoms. The SMILES string of the molecule is CCOC(=O)CC1CCN(C(=O)c2ccc(Nc3cc(-c4ccc(SC(F)(F)F)cc4)ccn3)cc2)CC1. The molecule has 0 atom stereocenters. The van der Waals surface area contributed by atoms with Crippen LogP contribution < -0.4 is 5.32 Å². The Kier molecular flexibility index (Phi) is 8.93. The highest BCUT2D eigenvalue weighted by Crippen LogP contribution is 2.37. The molecule has 1 aliphatic heterocycles. The fourth-order valence-electron chi connectivity index (χ4n) is 4.35. The normalized spacial score (nSPS) is 14.3. The van der Waals surface area contributed by atoms with E-state index < -0.39 is 5.51 Å². The summed E-state index contributed by atoms with van der Waals surface area (Å²) >= 11 is -0.143. The molecule has 2 heterocycles. The summed E-state index contributed by atoms with van der Waals surface area (Å²) in [4.78, 5) is 30.9. The van der Waals surface area contributed by atoms with Crippen molar-refractivity contribution in [3.05, 3.63) is 72.4 Å². The number of nitrogens with zero attached hydrogens (tertiary/aromatic N) is 2. The third-order valence-electron chi connectivity index (χ3n) is 6.25. The minimum atomic E-state index is -4.32. The number of pyridine rings is 1. The van der Waals surface area contributed by atoms with Crippen molar-refractivity contribution in [3.8, 4) is 11.1 Å². The van der Waals surface area contributed by atoms with E-state index in [0.29, 0.717) is 37.5 Å². The van der Waals surface area contributed by atoms with Crippen LogP contribution in [-0.2, 0) is 9.53 Å². The molecule has 1 amide bonds. The standard InChI is InChI=1S/C28H28F3N3O3S/c1-2-37-26(35)17-19-12-15-34(16-13-19)27(36)21-3-7-23(8-4-21)33-25-18-22(11-14-32-25)20-5-9-24(10-6-20)38-28(29,30)31/h3-11,14,18-19H,2,12-13,15-17H2,1H3,(H,32,33). The van der Waals surface area contributed by atoms with Crippen LogP contribution in [0.4, 0.5) is 24.7 Å². The summed E-state index contributed by atoms with van der Waals surface area (Å²) in [6, 6.07) is 16.9. The first-order valence-corrected chi connectivity index (χ1v) is 13.2. The minimum absolute atomic E-state index is 0.0432. The molecule has 10 heteroatoms. The number of carbonyl (C=O) groups is 2. The van der Waals surface area contributed by atoms with Crippen molar-refractivity contribution < 1.29 is 27.5 Å². The van der Waals surface area contributed by atoms with Gasteiger partial charge in [0.15, 0.2) is 0 Å². The number of carbonyl (C=O) groups excluding carboxylic acids is 2. The Balaban J connectivity index is 1.33. The molecule has 3 aromatic rings. The predicted octanol–water partition coefficient (Wildman–Crippen LogP) is 6.91. The maximum Gasteiger partial charge on any atom is 0.446 e. The van der Waals surface area contributed by atoms with Gasteiger partial charge in [-0.3, -0.25) is 9.59 Å². The van der Waals surface area contributed by atoms with Crippen molar-refractivity contribution in [1.29, 1.82) is 0 Å². The van der Waals surface area contributed by atoms with Gasteiger partial charge in [-0.25, -0.2) is 4.98 Å². The molecule has 1 aromatic heterocycles. The van der Waals surface area contributed by atoms with E-state index in [1.165, 1.54) is 12.1 Å². The Bertz CT molecular complexity index is 1240. The molecule has 6 nitrogen and oxygen atoms in total. The summed E-state index contributed by atoms with van der Waals surface area (Å²) in [6.07, 6.45) is 3.57. The van der Waals surface area contributed by atoms with Crippen molar-refractivity contribution in [3.63, 3.8) is 0 Å². The van der Waals surface area contributed by atoms with Crippen LogP contribution in [0.1, 0.15) is 36.5 Å². The molecule has 1 N–H and O–H groups in total. The van der Waals surface area contributed by atoms with Gasteiger partial charge < -0.3 is 15.0 Å². The number of rotatable bonds is 8. The van der Waals surface area contributed by atoms with Crippen LogP contribution in [0.5, 0.6) is 0 Å². The largest absolute Gasteiger partial charge is 0.466 e. The highest BCUT2D eigenvalue weighted by Gasteiger charge is 2.29. The van der Waals surface area contributed by atoms with Gasteiger partial charge in [0, 0.05) is 41.9 Å². The Morgan fingerprint density at radius 3 is 2.34 bits per heavy atom. The molecule has 0 unspecified atom stereocenters. The molecule has 0 aliphatic carbocycles. The number of halogens is 3. The van der Waals surface area contributed by atoms with Gasteiger partial charge in [-0.1, -0.05) is 12.1 Å². The number of esters is 1. The molecule has 1 saturated heterocycles. The van der Waals surface area contributed by atoms with E-state index in [0.717, 1.165) is 29.7 Å². The second kappa shape index (κ2) is 12.3. The van der Waals surface area contributed by atoms with Crippen LogP contribution in [0.3, 0.4) is 0 Å². The van der Waals surface area contributed by atoms with E-state index in [1.54, 1.807) is 55.6 Å². The second-order valence-electron chi connectivity index (χ2n) is 8.95. The molecule has 0 saturated carbocycles. The number of aromatic nitrogens is 1. The first-order valence-electron chi connectivity index (χ1n) is 12.3. The number of hydrogen-bond donors (Lipinski definition) is 1. The number of thioether (sulfide) groups is 1. The van der Waals surface area contributed by atoms with Gasteiger partial charge in [0.05, 0.1) is 6.61 Å². The zero-order valence-corrected chi connectivity index (χ0v) is 21.6. The van der Waals surface area contributed by atoms with Gasteiger partial charge in [0.2, 0.25) is 0 Å². The number of alkyl halides is 3. The average molecular weight is 544 g/mol. The number of ether oxygens (including phenoxy) is 1. The summed E-state index contributed by atoms with van der Waals surface area (Å²) in [5.41, 5.74) is -1.41. The highest BCUT2D eigenvalue weighted by molar-refractivity contribution is 8.00. The van der Waals surface area contributed by atoms with Gasteiger partial charge >= 0.3 is 11.5 Å². The van der Waals surface area contributed by atoms with Gasteiger partial charge in [0.1, 0.15) is 5.82 Å². The fourth-order valence-corrected chi connectivity index (χ4v) is 4.89. The van der Waals surface area contributed by atoms with E-state index in [4.69, 9.17) is 4.74 Å². The predicted molar refractivity (Wildman–Crippen MR) is 141 cm³/mol. The number of likely N-dealkylation sites (tertiary alicyclic amines) is 1. The Morgan fingerprint density at radius 1 is 1.03 bits per heavy atom. The van der Waals surface area contributed by atoms with Crippen LogP contribution >= 0.6 is 11.8 Å². The van der Waals surface area contributed by atoms with E-state index in [2.05, 4.69) is 10.3 Å². The molecule has 2 aromatic carbocycles. The van der Waals surface area contributed by atoms with Crippen LogP contribution in [-0.4, -0.2) is 47.0 Å². The third kappa shape index (κ3) is 7.74. The maximum atomic E-state index is 12.9. The summed E-state index contributed by atoms with van der Waals surface area (Å²) in [6.45, 7) is 3.38. The number of nitrogens with one attached hydrogen (secondary N) is 1. The first-order chi connectivity index (χ1) is 18.2. The van der Waals surface area contributed by atoms with Crippen LogP contribution in [0.15, 0.2) is 71.8 Å². The number of hydrogen-bond acceptors (Lipinski definition) is 6. The lowest BCUT2D eigenvalue weighted by Crippen LogP contribution is -2.39. The van der Waals surface area contributed by atoms with E-state index in [1.807, 2.05) is 11.0 Å². The zero-order valence-electron chi connectivity index (χ0n) is 20.8. The molecule has 0 radical (unpaired) electrons. The van der Waals surface area contributed by atoms with Gasteiger partial charge in [-0.2, -0.15) is 13.2 Å². The molecular weight excluding hydrogens is 515 g/mol. The molecule has 38 heavy (non-hydrogen) atoms. The minimum Gasteiger partial charge on any atom is -0.466 e. The fraction of sp³-hybridized carbons (Fsp3) is 0.321. The monoisotopic (exact) mass is 543 g/mol. The van der Waals surface area contributed by atoms with Crippen molar-refractivity contribution in [1.82, 2.24) is 9.88 Å². The maximum absolute atomic E-state index is 12.9. The van der Waals surface area contributed by atoms with Crippen molar-refractivity contribution >= 4 is 35.1 Å². The molecule has 4 rings (SSSR count). The van der Waals surface area contributed by atoms with E-state index in [9.17, 15) is 22.8 Å². The second-order valence-corrected chi connectivity index (χ2v) is 10.1. The smallest absolute Gasteiger partial charge is 0.446 e. The lowest BCUT2D eigenvalue weighted by atomic mass is 9.93. The topological polar surface area (TPSA) is 71.5 Å². The third-order valence-corrected chi connectivity index (χ3v) is 6.99. The van der Waals surface area contributed by atoms with Crippen molar-refractivity contribution in [2.24, 2.45) is 5.92 Å². The number of anilines is 2. The number of amides is 1. The Labute approximate surface area is 223 Å². The Morgan fingerprint density at radius 2 is 1.71 bits per heavy atom. The van der Waals surface area contributed by atoms with E-state index in [-0.39, 0.29) is 34.5 Å². The quantitative estimate of drug-likeness (QED) is 0.246. The highest BCUT2D eigenvalue weighted by atomic mass is 32.2. The van der Waals surface area contributed by atoms with Gasteiger partial charge in [-0.15, -0.1) is 0 Å². The average Bonchev–Trinajstić information content (AvgIpc) is 2.89. The molecule has 1 fully saturated rings. The van der Waals surface area contributed by atoms with Gasteiger partial charge in [-0.05, 0) is 97.1 Å². The molecule has 0 bridgehead atoms. The van der Waals surface area contributed by atoms with E-state index >= 15 is 0 Å². The summed E-state index contributed by atoms with van der Waals surface area (Å²) in [5, 5.41) is 3.20.